The molecule has 3 aliphatic rings. The Labute approximate surface area is 536 Å². The van der Waals surface area contributed by atoms with E-state index in [1.54, 1.807) is 30.3 Å². The van der Waals surface area contributed by atoms with Gasteiger partial charge in [0.05, 0.1) is 37.4 Å². The number of unbranched alkanes of at least 4 members (excludes halogenated alkanes) is 2. The summed E-state index contributed by atoms with van der Waals surface area (Å²) in [6.45, 7) is 3.72. The zero-order chi connectivity index (χ0) is 65.3. The number of carbonyl (C=O) groups excluding carboxylic acids is 8. The number of phenols is 1. The van der Waals surface area contributed by atoms with E-state index in [-0.39, 0.29) is 35.1 Å². The number of carbonyl (C=O) groups is 8. The van der Waals surface area contributed by atoms with Crippen LogP contribution >= 0.6 is 0 Å². The molecule has 3 aromatic carbocycles. The van der Waals surface area contributed by atoms with Crippen molar-refractivity contribution in [3.63, 3.8) is 0 Å². The summed E-state index contributed by atoms with van der Waals surface area (Å²) in [5, 5.41) is 116. The van der Waals surface area contributed by atoms with Crippen molar-refractivity contribution in [2.24, 2.45) is 11.7 Å². The van der Waals surface area contributed by atoms with E-state index in [9.17, 15) is 97.3 Å². The number of aliphatic hydroxyl groups excluding tert-OH is 8. The van der Waals surface area contributed by atoms with Gasteiger partial charge in [-0.1, -0.05) is 50.0 Å². The Morgan fingerprint density at radius 3 is 2.07 bits per heavy atom. The molecule has 1 aromatic heterocycles. The molecule has 7 rings (SSSR count). The molecule has 484 valence electrons. The van der Waals surface area contributed by atoms with Crippen LogP contribution in [0.4, 0.5) is 0 Å². The number of nitrogens with two attached hydrogens (primary N) is 1. The fourth-order valence-corrected chi connectivity index (χ4v) is 10.7. The zero-order valence-corrected chi connectivity index (χ0v) is 51.8. The summed E-state index contributed by atoms with van der Waals surface area (Å²) in [6, 6.07) is 3.38. The van der Waals surface area contributed by atoms with Gasteiger partial charge in [-0.3, -0.25) is 38.4 Å². The van der Waals surface area contributed by atoms with Gasteiger partial charge in [0.2, 0.25) is 41.4 Å². The number of ether oxygens (including phenoxy) is 1. The second-order valence-corrected chi connectivity index (χ2v) is 22.9. The van der Waals surface area contributed by atoms with Crippen molar-refractivity contribution < 1.29 is 140 Å². The van der Waals surface area contributed by atoms with Crippen LogP contribution in [0.2, 0.25) is 0 Å². The number of benzene rings is 3. The molecule has 34 heteroatoms. The van der Waals surface area contributed by atoms with E-state index >= 15 is 0 Å². The van der Waals surface area contributed by atoms with Crippen LogP contribution in [0.1, 0.15) is 81.3 Å². The Morgan fingerprint density at radius 2 is 1.43 bits per heavy atom. The molecule has 0 unspecified atom stereocenters. The number of aliphatic hydroxyl groups is 8. The number of amides is 8. The molecular formula is C56H70N9NaO23S. The quantitative estimate of drug-likeness (QED) is 0.0190. The Morgan fingerprint density at radius 1 is 0.800 bits per heavy atom. The van der Waals surface area contributed by atoms with Crippen molar-refractivity contribution in [2.45, 2.75) is 145 Å². The van der Waals surface area contributed by atoms with Crippen molar-refractivity contribution >= 4 is 57.7 Å². The molecule has 0 radical (unpaired) electrons. The molecule has 0 spiro atoms. The molecule has 3 saturated heterocycles. The summed E-state index contributed by atoms with van der Waals surface area (Å²) in [4.78, 5) is 115. The maximum atomic E-state index is 14.7. The van der Waals surface area contributed by atoms with Crippen LogP contribution in [0.3, 0.4) is 0 Å². The molecule has 0 saturated carbocycles. The van der Waals surface area contributed by atoms with Gasteiger partial charge in [-0.2, -0.15) is 0 Å². The van der Waals surface area contributed by atoms with E-state index in [1.165, 1.54) is 31.2 Å². The number of primary amides is 1. The Balaban J connectivity index is 0.0000129. The van der Waals surface area contributed by atoms with E-state index in [4.69, 9.17) is 15.0 Å². The number of aromatic nitrogens is 1. The number of hydrogen-bond acceptors (Lipinski definition) is 24. The van der Waals surface area contributed by atoms with Crippen LogP contribution in [-0.4, -0.2) is 220 Å². The molecular weight excluding hydrogens is 1220 g/mol. The molecule has 0 bridgehead atoms. The number of fused-ring (bicyclic) bond motifs is 2. The predicted molar refractivity (Wildman–Crippen MR) is 302 cm³/mol. The minimum Gasteiger partial charge on any atom is -0.716 e. The molecule has 0 aliphatic carbocycles. The second kappa shape index (κ2) is 31.1. The first-order chi connectivity index (χ1) is 42.0. The SMILES string of the molecule is CCCCCOc1ccc(-c2cc(-c3ccc(C(=O)N[C@@H]4C[C@H](O)[C@H](O)NC(=O)[C@H]5[C@H](O)[C@H](C)CN5C(=O)[C@@H]([C@@H](O)CC(N)=O)NC(=O)[C@@H]([C@@H](O)[C@H](O)c5ccc(O)c(OS(=O)(=O)[O-])c5)NC(=O)[C@H]5C[C@H](O)CN5C(=O)[C@@H]([C@H](C)O)NC4=O)cc3)no2)cc1.[Na+]. The fraction of sp³-hybridized carbons (Fsp3) is 0.482. The third-order valence-corrected chi connectivity index (χ3v) is 15.6. The smallest absolute Gasteiger partial charge is 0.716 e. The van der Waals surface area contributed by atoms with Gasteiger partial charge in [0.1, 0.15) is 66.0 Å². The van der Waals surface area contributed by atoms with Gasteiger partial charge in [-0.15, -0.1) is 0 Å². The Kier molecular flexibility index (Phi) is 24.8. The van der Waals surface area contributed by atoms with Gasteiger partial charge < -0.3 is 106 Å². The number of aromatic hydroxyl groups is 1. The van der Waals surface area contributed by atoms with E-state index < -0.39 is 198 Å². The minimum atomic E-state index is -5.60. The number of rotatable bonds is 18. The van der Waals surface area contributed by atoms with Crippen LogP contribution in [0.25, 0.3) is 22.6 Å². The van der Waals surface area contributed by atoms with Crippen LogP contribution in [0.5, 0.6) is 17.2 Å². The predicted octanol–water partition coefficient (Wildman–Crippen LogP) is -7.24. The third kappa shape index (κ3) is 17.8. The van der Waals surface area contributed by atoms with E-state index in [1.807, 2.05) is 10.6 Å². The second-order valence-electron chi connectivity index (χ2n) is 21.9. The first-order valence-corrected chi connectivity index (χ1v) is 29.4. The molecule has 8 amide bonds. The molecule has 3 aliphatic heterocycles. The third-order valence-electron chi connectivity index (χ3n) is 15.2. The maximum absolute atomic E-state index is 14.7. The Bertz CT molecular complexity index is 3340. The van der Waals surface area contributed by atoms with Crippen LogP contribution in [-0.2, 0) is 44.0 Å². The van der Waals surface area contributed by atoms with Crippen LogP contribution < -0.4 is 70.8 Å². The number of nitrogens with zero attached hydrogens (tertiary/aromatic N) is 3. The topological polar surface area (TPSA) is 513 Å². The summed E-state index contributed by atoms with van der Waals surface area (Å²) in [5.41, 5.74) is 6.13. The Hall–Kier alpha value is -7.38. The van der Waals surface area contributed by atoms with Crippen LogP contribution in [0, 0.1) is 5.92 Å². The number of phenolic OH excluding ortho intramolecular Hbond substituents is 1. The molecule has 4 aromatic rings. The molecule has 3 fully saturated rings. The van der Waals surface area contributed by atoms with Gasteiger partial charge in [0.15, 0.2) is 23.5 Å². The minimum absolute atomic E-state index is 0. The molecule has 90 heavy (non-hydrogen) atoms. The summed E-state index contributed by atoms with van der Waals surface area (Å²) in [6.07, 6.45) is -17.3. The average Bonchev–Trinajstić information content (AvgIpc) is 2.24. The largest absolute Gasteiger partial charge is 1.00 e. The standard InChI is InChI=1S/C56H71N9O23S.Na/c1-4-5-6-17-86-32-14-11-28(12-15-32)39-21-33(63-87-39)27-7-9-29(10-8-27)49(75)58-34-20-38(70)52(78)62-54(80)45-46(72)25(2)23-65(45)56(82)43(37(69)22-41(57)71)60-53(79)44(48(74)47(73)30-13-16-36(68)40(18-30)88-89(83,84)85)61-51(77)35-19-31(67)24-64(35)55(81)42(26(3)66)59-50(34)76;/h7-16,18,21,25-26,31,34-35,37-38,42-48,52,66-70,72-74,78H,4-6,17,19-20,22-24H2,1-3H3,(H2,57,71)(H,58,75)(H,59,76)(H,60,79)(H,61,77)(H,62,80)(H,83,84,85);/q;+1/p-1/t25-,26+,31+,34-,35-,37+,38+,42-,43-,44-,45-,46-,47-,48-,52+;/m1./s1. The summed E-state index contributed by atoms with van der Waals surface area (Å²) < 4.78 is 49.9. The van der Waals surface area contributed by atoms with Gasteiger partial charge in [0, 0.05) is 54.6 Å². The van der Waals surface area contributed by atoms with Crippen molar-refractivity contribution in [3.05, 3.63) is 83.9 Å². The number of nitrogens with one attached hydrogen (secondary N) is 5. The first-order valence-electron chi connectivity index (χ1n) is 28.1. The van der Waals surface area contributed by atoms with E-state index in [2.05, 4.69) is 32.2 Å². The van der Waals surface area contributed by atoms with Crippen LogP contribution in [0.15, 0.2) is 77.3 Å². The van der Waals surface area contributed by atoms with E-state index in [0.29, 0.717) is 56.9 Å². The molecule has 32 nitrogen and oxygen atoms in total. The average molecular weight is 1290 g/mol. The summed E-state index contributed by atoms with van der Waals surface area (Å²) >= 11 is 0. The van der Waals surface area contributed by atoms with Crippen molar-refractivity contribution in [1.29, 1.82) is 0 Å². The maximum Gasteiger partial charge on any atom is 1.00 e. The van der Waals surface area contributed by atoms with E-state index in [0.717, 1.165) is 32.3 Å². The van der Waals surface area contributed by atoms with Crippen molar-refractivity contribution in [3.8, 4) is 39.8 Å². The van der Waals surface area contributed by atoms with Crippen molar-refractivity contribution in [1.82, 2.24) is 41.5 Å². The normalized spacial score (nSPS) is 26.2. The number of hydrogen-bond donors (Lipinski definition) is 15. The van der Waals surface area contributed by atoms with Gasteiger partial charge >= 0.3 is 29.6 Å². The van der Waals surface area contributed by atoms with Gasteiger partial charge in [0.25, 0.3) is 16.3 Å². The summed E-state index contributed by atoms with van der Waals surface area (Å²) in [7, 11) is -5.60. The zero-order valence-electron chi connectivity index (χ0n) is 49.0. The first kappa shape index (κ1) is 71.7. The monoisotopic (exact) mass is 1290 g/mol. The fourth-order valence-electron chi connectivity index (χ4n) is 10.3. The molecule has 4 heterocycles. The molecule has 16 N–H and O–H groups in total. The summed E-state index contributed by atoms with van der Waals surface area (Å²) in [5.74, 6) is -13.0. The molecule has 15 atom stereocenters. The van der Waals surface area contributed by atoms with Gasteiger partial charge in [-0.05, 0) is 67.4 Å². The van der Waals surface area contributed by atoms with Gasteiger partial charge in [-0.25, -0.2) is 8.42 Å². The van der Waals surface area contributed by atoms with Crippen molar-refractivity contribution in [2.75, 3.05) is 19.7 Å².